The number of hydrogen-bond donors (Lipinski definition) is 0. The quantitative estimate of drug-likeness (QED) is 0.126. The molecule has 12 nitrogen and oxygen atoms in total. The van der Waals surface area contributed by atoms with Crippen molar-refractivity contribution < 1.29 is 28.7 Å². The first-order chi connectivity index (χ1) is 21.5. The summed E-state index contributed by atoms with van der Waals surface area (Å²) in [6, 6.07) is -2.67. The largest absolute Gasteiger partial charge is 0.426 e. The number of fused-ring (bicyclic) bond motifs is 2. The average molecular weight is 663 g/mol. The van der Waals surface area contributed by atoms with Gasteiger partial charge in [0.15, 0.2) is 12.1 Å². The molecule has 248 valence electrons. The Hall–Kier alpha value is -2.48. The molecule has 6 rings (SSSR count). The predicted molar refractivity (Wildman–Crippen MR) is 174 cm³/mol. The maximum atomic E-state index is 13.3. The van der Waals surface area contributed by atoms with E-state index in [0.29, 0.717) is 0 Å². The summed E-state index contributed by atoms with van der Waals surface area (Å²) in [7, 11) is 0. The average Bonchev–Trinajstić information content (AvgIpc) is 3.20. The molecule has 14 heteroatoms. The molecule has 2 unspecified atom stereocenters. The second-order valence-corrected chi connectivity index (χ2v) is 17.4. The molecule has 0 aromatic rings. The van der Waals surface area contributed by atoms with Gasteiger partial charge in [-0.15, -0.1) is 23.5 Å². The van der Waals surface area contributed by atoms with E-state index in [1.54, 1.807) is 33.3 Å². The number of thioether (sulfide) groups is 2. The number of carbonyl (C=O) groups excluding carboxylic acids is 4. The first-order valence-electron chi connectivity index (χ1n) is 16.4. The van der Waals surface area contributed by atoms with Crippen molar-refractivity contribution in [3.8, 4) is 0 Å². The van der Waals surface area contributed by atoms with E-state index in [0.717, 1.165) is 51.9 Å². The van der Waals surface area contributed by atoms with Gasteiger partial charge in [-0.3, -0.25) is 19.6 Å². The maximum absolute atomic E-state index is 13.3. The van der Waals surface area contributed by atoms with Crippen LogP contribution in [0.1, 0.15) is 79.1 Å². The molecule has 6 fully saturated rings. The summed E-state index contributed by atoms with van der Waals surface area (Å²) in [6.07, 6.45) is 13.0. The van der Waals surface area contributed by atoms with E-state index < -0.39 is 52.4 Å². The molecule has 0 aromatic heterocycles. The lowest BCUT2D eigenvalue weighted by Gasteiger charge is -2.42. The fourth-order valence-electron chi connectivity index (χ4n) is 7.28. The van der Waals surface area contributed by atoms with E-state index in [1.807, 2.05) is 40.4 Å². The Morgan fingerprint density at radius 3 is 1.40 bits per heavy atom. The lowest BCUT2D eigenvalue weighted by molar-refractivity contribution is -0.181. The Kier molecular flexibility index (Phi) is 9.35. The van der Waals surface area contributed by atoms with Crippen LogP contribution in [0.5, 0.6) is 0 Å². The summed E-state index contributed by atoms with van der Waals surface area (Å²) >= 11 is 3.08. The zero-order valence-electron chi connectivity index (χ0n) is 26.8. The highest BCUT2D eigenvalue weighted by atomic mass is 32.2. The van der Waals surface area contributed by atoms with Crippen LogP contribution in [0.3, 0.4) is 0 Å². The maximum Gasteiger partial charge on any atom is 0.333 e. The van der Waals surface area contributed by atoms with Gasteiger partial charge in [-0.25, -0.2) is 9.59 Å². The minimum absolute atomic E-state index is 0.191. The van der Waals surface area contributed by atoms with Crippen LogP contribution in [0.15, 0.2) is 9.98 Å². The Bertz CT molecular complexity index is 1140. The summed E-state index contributed by atoms with van der Waals surface area (Å²) in [4.78, 5) is 69.5. The first kappa shape index (κ1) is 32.5. The molecule has 0 aromatic carbocycles. The number of rotatable bonds is 8. The highest BCUT2D eigenvalue weighted by molar-refractivity contribution is 8.02. The Labute approximate surface area is 274 Å². The number of aliphatic imine (C=N–C) groups is 2. The smallest absolute Gasteiger partial charge is 0.333 e. The molecule has 6 aliphatic heterocycles. The van der Waals surface area contributed by atoms with E-state index in [2.05, 4.69) is 19.8 Å². The fourth-order valence-corrected chi connectivity index (χ4v) is 10.5. The number of hydrogen-bond acceptors (Lipinski definition) is 10. The molecule has 0 bridgehead atoms. The topological polar surface area (TPSA) is 124 Å². The Morgan fingerprint density at radius 1 is 0.689 bits per heavy atom. The minimum Gasteiger partial charge on any atom is -0.426 e. The number of β-lactam (4-membered cyclic amide) rings is 2. The van der Waals surface area contributed by atoms with Crippen LogP contribution in [0.25, 0.3) is 0 Å². The standard InChI is InChI=1S/C31H46N6O6S2/c1-30(2)22(36-24(38)20(26(36)44-30)32-17-34-13-9-5-6-10-14-34)28(40)42-19-43-29(41)23-31(3,4)45-27-21(25(39)37(23)27)33-18-35-15-11-7-8-12-16-35/h17-18,20-23,26-27H,5-16,19H2,1-4H3/b32-17+,33-18+/t20?,21?,22-,23-,26+,27+/m0/s1. The number of likely N-dealkylation sites (tertiary alicyclic amines) is 2. The van der Waals surface area contributed by atoms with Crippen molar-refractivity contribution >= 4 is 60.0 Å². The zero-order valence-corrected chi connectivity index (χ0v) is 28.4. The molecule has 6 atom stereocenters. The highest BCUT2D eigenvalue weighted by Gasteiger charge is 2.65. The van der Waals surface area contributed by atoms with E-state index >= 15 is 0 Å². The second-order valence-electron chi connectivity index (χ2n) is 13.9. The van der Waals surface area contributed by atoms with Crippen molar-refractivity contribution in [2.45, 2.75) is 123 Å². The van der Waals surface area contributed by atoms with Crippen molar-refractivity contribution in [3.63, 3.8) is 0 Å². The van der Waals surface area contributed by atoms with Crippen LogP contribution in [0.4, 0.5) is 0 Å². The van der Waals surface area contributed by atoms with Gasteiger partial charge >= 0.3 is 11.9 Å². The van der Waals surface area contributed by atoms with Gasteiger partial charge in [0.25, 0.3) is 11.8 Å². The van der Waals surface area contributed by atoms with Crippen molar-refractivity contribution in [3.05, 3.63) is 0 Å². The third-order valence-corrected chi connectivity index (χ3v) is 12.9. The summed E-state index contributed by atoms with van der Waals surface area (Å²) in [5.74, 6) is -1.62. The van der Waals surface area contributed by atoms with Crippen molar-refractivity contribution in [1.29, 1.82) is 0 Å². The van der Waals surface area contributed by atoms with E-state index in [-0.39, 0.29) is 22.6 Å². The number of carbonyl (C=O) groups is 4. The van der Waals surface area contributed by atoms with E-state index in [1.165, 1.54) is 25.7 Å². The van der Waals surface area contributed by atoms with Crippen LogP contribution < -0.4 is 0 Å². The van der Waals surface area contributed by atoms with Crippen LogP contribution in [0, 0.1) is 0 Å². The monoisotopic (exact) mass is 662 g/mol. The Balaban J connectivity index is 1.01. The molecular formula is C31H46N6O6S2. The normalized spacial score (nSPS) is 34.2. The Morgan fingerprint density at radius 2 is 1.04 bits per heavy atom. The molecule has 0 aliphatic carbocycles. The summed E-state index contributed by atoms with van der Waals surface area (Å²) in [5.41, 5.74) is 0. The molecule has 0 saturated carbocycles. The summed E-state index contributed by atoms with van der Waals surface area (Å²) in [5, 5.41) is -0.479. The van der Waals surface area contributed by atoms with Crippen molar-refractivity contribution in [1.82, 2.24) is 19.6 Å². The van der Waals surface area contributed by atoms with Crippen LogP contribution >= 0.6 is 23.5 Å². The zero-order chi connectivity index (χ0) is 31.9. The van der Waals surface area contributed by atoms with Crippen molar-refractivity contribution in [2.75, 3.05) is 33.0 Å². The third-order valence-electron chi connectivity index (χ3n) is 9.74. The van der Waals surface area contributed by atoms with E-state index in [4.69, 9.17) is 9.47 Å². The van der Waals surface area contributed by atoms with Crippen LogP contribution in [-0.4, -0.2) is 133 Å². The van der Waals surface area contributed by atoms with Gasteiger partial charge in [0.1, 0.15) is 22.8 Å². The first-order valence-corrected chi connectivity index (χ1v) is 18.1. The molecule has 6 aliphatic rings. The number of esters is 2. The highest BCUT2D eigenvalue weighted by Crippen LogP contribution is 2.53. The molecule has 0 spiro atoms. The number of ether oxygens (including phenoxy) is 2. The predicted octanol–water partition coefficient (Wildman–Crippen LogP) is 2.70. The summed E-state index contributed by atoms with van der Waals surface area (Å²) in [6.45, 7) is 10.9. The fraction of sp³-hybridized carbons (Fsp3) is 0.806. The van der Waals surface area contributed by atoms with Gasteiger partial charge in [-0.1, -0.05) is 25.7 Å². The molecule has 6 saturated heterocycles. The SMILES string of the molecule is CC1(C)S[C@@H]2C(/N=C/N3CCCCCC3)C(=O)N2[C@H]1C(=O)OCOC(=O)[C@@H]1N2C(=O)C(/N=C/N3CCCCCC3)[C@H]2SC1(C)C. The van der Waals surface area contributed by atoms with Crippen LogP contribution in [-0.2, 0) is 28.7 Å². The van der Waals surface area contributed by atoms with Gasteiger partial charge in [0.05, 0.1) is 12.7 Å². The van der Waals surface area contributed by atoms with Crippen LogP contribution in [0.2, 0.25) is 0 Å². The molecule has 2 amide bonds. The lowest BCUT2D eigenvalue weighted by Crippen LogP contribution is -2.65. The van der Waals surface area contributed by atoms with Crippen molar-refractivity contribution in [2.24, 2.45) is 9.98 Å². The second kappa shape index (κ2) is 13.0. The van der Waals surface area contributed by atoms with Gasteiger partial charge in [-0.05, 0) is 53.4 Å². The molecular weight excluding hydrogens is 617 g/mol. The number of amides is 2. The lowest BCUT2D eigenvalue weighted by atomic mass is 9.96. The molecule has 6 heterocycles. The van der Waals surface area contributed by atoms with E-state index in [9.17, 15) is 19.2 Å². The third kappa shape index (κ3) is 6.29. The summed E-state index contributed by atoms with van der Waals surface area (Å²) < 4.78 is 9.67. The van der Waals surface area contributed by atoms with Gasteiger partial charge in [0, 0.05) is 35.7 Å². The van der Waals surface area contributed by atoms with Gasteiger partial charge in [0.2, 0.25) is 6.79 Å². The number of nitrogens with zero attached hydrogens (tertiary/aromatic N) is 6. The van der Waals surface area contributed by atoms with Gasteiger partial charge in [-0.2, -0.15) is 0 Å². The molecule has 45 heavy (non-hydrogen) atoms. The van der Waals surface area contributed by atoms with Gasteiger partial charge < -0.3 is 29.1 Å². The minimum atomic E-state index is -0.814. The molecule has 0 radical (unpaired) electrons. The molecule has 0 N–H and O–H groups in total.